The summed E-state index contributed by atoms with van der Waals surface area (Å²) in [4.78, 5) is 0. The largest absolute Gasteiger partial charge is 0.492 e. The molecule has 1 aromatic rings. The van der Waals surface area contributed by atoms with E-state index in [2.05, 4.69) is 29.8 Å². The van der Waals surface area contributed by atoms with Gasteiger partial charge in [0.05, 0.1) is 24.3 Å². The van der Waals surface area contributed by atoms with E-state index in [1.54, 1.807) is 0 Å². The molecule has 1 aliphatic rings. The van der Waals surface area contributed by atoms with Gasteiger partial charge in [-0.3, -0.25) is 0 Å². The topological polar surface area (TPSA) is 18.5 Å². The van der Waals surface area contributed by atoms with Crippen LogP contribution in [0.15, 0.2) is 16.6 Å². The van der Waals surface area contributed by atoms with Crippen molar-refractivity contribution >= 4 is 15.9 Å². The summed E-state index contributed by atoms with van der Waals surface area (Å²) in [5, 5.41) is 0. The quantitative estimate of drug-likeness (QED) is 0.801. The first kappa shape index (κ1) is 13.8. The second-order valence-electron chi connectivity index (χ2n) is 5.52. The first-order valence-corrected chi connectivity index (χ1v) is 6.87. The van der Waals surface area contributed by atoms with Crippen LogP contribution in [0.25, 0.3) is 0 Å². The number of ether oxygens (including phenoxy) is 2. The number of hydrogen-bond donors (Lipinski definition) is 0. The first-order valence-electron chi connectivity index (χ1n) is 6.07. The molecular weight excluding hydrogens is 299 g/mol. The third kappa shape index (κ3) is 2.86. The molecule has 1 aliphatic heterocycles. The van der Waals surface area contributed by atoms with Crippen molar-refractivity contribution < 1.29 is 13.9 Å². The number of hydrogen-bond acceptors (Lipinski definition) is 2. The average Bonchev–Trinajstić information content (AvgIpc) is 2.28. The number of benzene rings is 1. The van der Waals surface area contributed by atoms with Gasteiger partial charge >= 0.3 is 0 Å². The van der Waals surface area contributed by atoms with Gasteiger partial charge in [-0.15, -0.1) is 0 Å². The number of rotatable bonds is 2. The molecule has 1 fully saturated rings. The second kappa shape index (κ2) is 5.17. The maximum absolute atomic E-state index is 13.8. The highest BCUT2D eigenvalue weighted by atomic mass is 79.9. The summed E-state index contributed by atoms with van der Waals surface area (Å²) in [5.74, 6) is -0.106. The molecule has 0 bridgehead atoms. The van der Waals surface area contributed by atoms with Gasteiger partial charge in [0.1, 0.15) is 0 Å². The highest BCUT2D eigenvalue weighted by Gasteiger charge is 2.29. The molecule has 4 heteroatoms. The van der Waals surface area contributed by atoms with Gasteiger partial charge in [0.2, 0.25) is 0 Å². The molecule has 0 amide bonds. The van der Waals surface area contributed by atoms with E-state index in [0.29, 0.717) is 11.1 Å². The van der Waals surface area contributed by atoms with Crippen molar-refractivity contribution in [2.75, 3.05) is 13.7 Å². The maximum atomic E-state index is 13.8. The molecule has 1 saturated heterocycles. The SMILES string of the molecule is COc1c(F)cc(C2CCC(C)(C)CO2)cc1Br. The van der Waals surface area contributed by atoms with E-state index in [9.17, 15) is 4.39 Å². The zero-order valence-electron chi connectivity index (χ0n) is 10.9. The van der Waals surface area contributed by atoms with E-state index in [4.69, 9.17) is 9.47 Å². The van der Waals surface area contributed by atoms with Crippen molar-refractivity contribution in [2.45, 2.75) is 32.8 Å². The van der Waals surface area contributed by atoms with Gasteiger partial charge in [-0.05, 0) is 51.9 Å². The zero-order valence-corrected chi connectivity index (χ0v) is 12.5. The van der Waals surface area contributed by atoms with Crippen LogP contribution in [0.2, 0.25) is 0 Å². The summed E-state index contributed by atoms with van der Waals surface area (Å²) in [7, 11) is 1.46. The third-order valence-electron chi connectivity index (χ3n) is 3.36. The van der Waals surface area contributed by atoms with Gasteiger partial charge in [0, 0.05) is 0 Å². The predicted molar refractivity (Wildman–Crippen MR) is 72.4 cm³/mol. The summed E-state index contributed by atoms with van der Waals surface area (Å²) >= 11 is 3.33. The molecule has 0 N–H and O–H groups in total. The Morgan fingerprint density at radius 2 is 2.17 bits per heavy atom. The van der Waals surface area contributed by atoms with E-state index >= 15 is 0 Å². The summed E-state index contributed by atoms with van der Waals surface area (Å²) < 4.78 is 25.3. The minimum Gasteiger partial charge on any atom is -0.492 e. The molecule has 1 atom stereocenters. The highest BCUT2D eigenvalue weighted by Crippen LogP contribution is 2.39. The number of halogens is 2. The Bertz CT molecular complexity index is 412. The Kier molecular flexibility index (Phi) is 3.97. The minimum absolute atomic E-state index is 0.0188. The molecule has 1 unspecified atom stereocenters. The van der Waals surface area contributed by atoms with Crippen LogP contribution >= 0.6 is 15.9 Å². The van der Waals surface area contributed by atoms with E-state index in [1.807, 2.05) is 6.07 Å². The van der Waals surface area contributed by atoms with Crippen LogP contribution in [0.4, 0.5) is 4.39 Å². The molecule has 1 aromatic carbocycles. The van der Waals surface area contributed by atoms with E-state index in [0.717, 1.165) is 18.4 Å². The van der Waals surface area contributed by atoms with Gasteiger partial charge in [-0.1, -0.05) is 13.8 Å². The Morgan fingerprint density at radius 3 is 2.67 bits per heavy atom. The molecule has 2 nitrogen and oxygen atoms in total. The van der Waals surface area contributed by atoms with Crippen LogP contribution in [-0.4, -0.2) is 13.7 Å². The number of methoxy groups -OCH3 is 1. The van der Waals surface area contributed by atoms with Crippen molar-refractivity contribution in [3.63, 3.8) is 0 Å². The van der Waals surface area contributed by atoms with Crippen molar-refractivity contribution in [3.8, 4) is 5.75 Å². The van der Waals surface area contributed by atoms with Crippen LogP contribution < -0.4 is 4.74 Å². The van der Waals surface area contributed by atoms with Crippen LogP contribution in [0.5, 0.6) is 5.75 Å². The Labute approximate surface area is 116 Å². The predicted octanol–water partition coefficient (Wildman–Crippen LogP) is 4.47. The van der Waals surface area contributed by atoms with Crippen LogP contribution in [-0.2, 0) is 4.74 Å². The maximum Gasteiger partial charge on any atom is 0.168 e. The molecule has 0 spiro atoms. The van der Waals surface area contributed by atoms with Crippen LogP contribution in [0.1, 0.15) is 38.4 Å². The van der Waals surface area contributed by atoms with E-state index in [-0.39, 0.29) is 23.1 Å². The Hall–Kier alpha value is -0.610. The molecule has 1 heterocycles. The van der Waals surface area contributed by atoms with Crippen molar-refractivity contribution in [3.05, 3.63) is 28.0 Å². The summed E-state index contributed by atoms with van der Waals surface area (Å²) in [5.41, 5.74) is 1.09. The lowest BCUT2D eigenvalue weighted by Gasteiger charge is -2.34. The molecule has 100 valence electrons. The fraction of sp³-hybridized carbons (Fsp3) is 0.571. The molecule has 0 aromatic heterocycles. The standard InChI is InChI=1S/C14H18BrFO2/c1-14(2)5-4-12(18-8-14)9-6-10(15)13(17-3)11(16)7-9/h6-7,12H,4-5,8H2,1-3H3. The molecule has 0 saturated carbocycles. The molecule has 18 heavy (non-hydrogen) atoms. The highest BCUT2D eigenvalue weighted by molar-refractivity contribution is 9.10. The van der Waals surface area contributed by atoms with Crippen molar-refractivity contribution in [1.82, 2.24) is 0 Å². The molecule has 0 radical (unpaired) electrons. The van der Waals surface area contributed by atoms with Gasteiger partial charge < -0.3 is 9.47 Å². The van der Waals surface area contributed by atoms with Gasteiger partial charge in [0.15, 0.2) is 11.6 Å². The summed E-state index contributed by atoms with van der Waals surface area (Å²) in [6.07, 6.45) is 1.99. The van der Waals surface area contributed by atoms with Crippen LogP contribution in [0, 0.1) is 11.2 Å². The lowest BCUT2D eigenvalue weighted by Crippen LogP contribution is -2.27. The second-order valence-corrected chi connectivity index (χ2v) is 6.37. The first-order chi connectivity index (χ1) is 8.43. The Balaban J connectivity index is 2.20. The minimum atomic E-state index is -0.352. The molecule has 0 aliphatic carbocycles. The van der Waals surface area contributed by atoms with E-state index in [1.165, 1.54) is 13.2 Å². The molecule has 2 rings (SSSR count). The van der Waals surface area contributed by atoms with Crippen LogP contribution in [0.3, 0.4) is 0 Å². The summed E-state index contributed by atoms with van der Waals surface area (Å²) in [6.45, 7) is 5.09. The lowest BCUT2D eigenvalue weighted by molar-refractivity contribution is -0.0499. The van der Waals surface area contributed by atoms with Crippen molar-refractivity contribution in [2.24, 2.45) is 5.41 Å². The molecular formula is C14H18BrFO2. The van der Waals surface area contributed by atoms with Gasteiger partial charge in [-0.25, -0.2) is 4.39 Å². The van der Waals surface area contributed by atoms with E-state index < -0.39 is 0 Å². The smallest absolute Gasteiger partial charge is 0.168 e. The van der Waals surface area contributed by atoms with Gasteiger partial charge in [0.25, 0.3) is 0 Å². The zero-order chi connectivity index (χ0) is 13.3. The normalized spacial score (nSPS) is 22.8. The van der Waals surface area contributed by atoms with Gasteiger partial charge in [-0.2, -0.15) is 0 Å². The fourth-order valence-corrected chi connectivity index (χ4v) is 2.84. The fourth-order valence-electron chi connectivity index (χ4n) is 2.23. The average molecular weight is 317 g/mol. The summed E-state index contributed by atoms with van der Waals surface area (Å²) in [6, 6.07) is 3.39. The monoisotopic (exact) mass is 316 g/mol. The lowest BCUT2D eigenvalue weighted by atomic mass is 9.84. The van der Waals surface area contributed by atoms with Crippen molar-refractivity contribution in [1.29, 1.82) is 0 Å². The third-order valence-corrected chi connectivity index (χ3v) is 3.94. The Morgan fingerprint density at radius 1 is 1.44 bits per heavy atom.